The molecule has 2 heterocycles. The second kappa shape index (κ2) is 3.14. The second-order valence-electron chi connectivity index (χ2n) is 1.80. The number of nitrogens with zero attached hydrogens (tertiary/aromatic N) is 2. The van der Waals surface area contributed by atoms with Gasteiger partial charge in [0.05, 0.1) is 23.6 Å². The van der Waals surface area contributed by atoms with Crippen LogP contribution in [0.15, 0.2) is 24.8 Å². The summed E-state index contributed by atoms with van der Waals surface area (Å²) in [7, 11) is 0. The summed E-state index contributed by atoms with van der Waals surface area (Å²) in [4.78, 5) is 10.9. The third kappa shape index (κ3) is 1.21. The Balaban J connectivity index is 0.000000500. The maximum absolute atomic E-state index is 4.02. The summed E-state index contributed by atoms with van der Waals surface area (Å²) in [5, 5.41) is 0. The van der Waals surface area contributed by atoms with Gasteiger partial charge in [-0.15, -0.1) is 0 Å². The quantitative estimate of drug-likeness (QED) is 0.546. The molecule has 0 aliphatic carbocycles. The van der Waals surface area contributed by atoms with Crippen LogP contribution in [0.5, 0.6) is 0 Å². The van der Waals surface area contributed by atoms with E-state index in [1.165, 1.54) is 0 Å². The summed E-state index contributed by atoms with van der Waals surface area (Å²) in [6, 6.07) is 1.87. The van der Waals surface area contributed by atoms with E-state index in [4.69, 9.17) is 0 Å². The number of rotatable bonds is 0. The van der Waals surface area contributed by atoms with Crippen molar-refractivity contribution in [2.75, 3.05) is 0 Å². The molecule has 4 heteroatoms. The van der Waals surface area contributed by atoms with Crippen LogP contribution in [0.25, 0.3) is 11.0 Å². The molecule has 0 fully saturated rings. The van der Waals surface area contributed by atoms with Gasteiger partial charge in [0.1, 0.15) is 0 Å². The van der Waals surface area contributed by atoms with Crippen LogP contribution in [0, 0.1) is 0 Å². The van der Waals surface area contributed by atoms with E-state index < -0.39 is 0 Å². The fourth-order valence-corrected chi connectivity index (χ4v) is 0.782. The molecular weight excluding hydrogens is 137 g/mol. The van der Waals surface area contributed by atoms with Gasteiger partial charge in [-0.25, -0.2) is 4.98 Å². The monoisotopic (exact) mass is 142 g/mol. The van der Waals surface area contributed by atoms with Gasteiger partial charge in [-0.1, -0.05) is 0 Å². The molecule has 0 atom stereocenters. The molecule has 0 amide bonds. The molecule has 2 rings (SSSR count). The molecule has 2 aromatic rings. The van der Waals surface area contributed by atoms with Gasteiger partial charge in [0.2, 0.25) is 0 Å². The number of aromatic nitrogens is 3. The molecule has 1 radical (unpaired) electrons. The van der Waals surface area contributed by atoms with Crippen LogP contribution < -0.4 is 0 Å². The first-order chi connectivity index (χ1) is 4.47. The summed E-state index contributed by atoms with van der Waals surface area (Å²) in [5.41, 5.74) is 1.95. The van der Waals surface area contributed by atoms with Crippen molar-refractivity contribution in [1.29, 1.82) is 0 Å². The molecule has 0 aliphatic heterocycles. The molecule has 3 nitrogen and oxygen atoms in total. The molecule has 0 spiro atoms. The SMILES string of the molecule is [Na].c1cc2nc[nH]c2cn1. The van der Waals surface area contributed by atoms with E-state index in [1.54, 1.807) is 18.7 Å². The maximum atomic E-state index is 4.02. The summed E-state index contributed by atoms with van der Waals surface area (Å²) < 4.78 is 0. The van der Waals surface area contributed by atoms with E-state index in [0.29, 0.717) is 0 Å². The first-order valence-electron chi connectivity index (χ1n) is 2.70. The molecule has 0 saturated carbocycles. The van der Waals surface area contributed by atoms with E-state index >= 15 is 0 Å². The molecule has 10 heavy (non-hydrogen) atoms. The predicted octanol–water partition coefficient (Wildman–Crippen LogP) is 0.577. The van der Waals surface area contributed by atoms with Crippen LogP contribution >= 0.6 is 0 Å². The zero-order valence-electron chi connectivity index (χ0n) is 5.70. The standard InChI is InChI=1S/C6H5N3.Na/c1-2-7-3-6-5(1)8-4-9-6;/h1-4H,(H,8,9);. The number of imidazole rings is 1. The van der Waals surface area contributed by atoms with Crippen LogP contribution in [0.1, 0.15) is 0 Å². The van der Waals surface area contributed by atoms with Crippen molar-refractivity contribution in [3.05, 3.63) is 24.8 Å². The normalized spacial score (nSPS) is 9.20. The fourth-order valence-electron chi connectivity index (χ4n) is 0.782. The molecule has 0 bridgehead atoms. The smallest absolute Gasteiger partial charge is 0.0932 e. The van der Waals surface area contributed by atoms with Gasteiger partial charge in [0.25, 0.3) is 0 Å². The van der Waals surface area contributed by atoms with Crippen molar-refractivity contribution in [3.63, 3.8) is 0 Å². The summed E-state index contributed by atoms with van der Waals surface area (Å²) in [5.74, 6) is 0. The Labute approximate surface area is 80.2 Å². The van der Waals surface area contributed by atoms with Gasteiger partial charge >= 0.3 is 0 Å². The Bertz CT molecular complexity index is 287. The molecule has 45 valence electrons. The first kappa shape index (κ1) is 7.72. The second-order valence-corrected chi connectivity index (χ2v) is 1.80. The van der Waals surface area contributed by atoms with E-state index in [0.717, 1.165) is 11.0 Å². The van der Waals surface area contributed by atoms with Crippen LogP contribution in [-0.4, -0.2) is 44.5 Å². The molecule has 1 N–H and O–H groups in total. The van der Waals surface area contributed by atoms with Crippen molar-refractivity contribution in [3.8, 4) is 0 Å². The van der Waals surface area contributed by atoms with E-state index in [9.17, 15) is 0 Å². The Morgan fingerprint density at radius 3 is 3.10 bits per heavy atom. The third-order valence-corrected chi connectivity index (χ3v) is 1.22. The number of pyridine rings is 1. The van der Waals surface area contributed by atoms with E-state index in [1.807, 2.05) is 6.07 Å². The first-order valence-corrected chi connectivity index (χ1v) is 2.70. The summed E-state index contributed by atoms with van der Waals surface area (Å²) in [6.07, 6.45) is 5.14. The van der Waals surface area contributed by atoms with Crippen molar-refractivity contribution in [2.24, 2.45) is 0 Å². The van der Waals surface area contributed by atoms with Crippen LogP contribution in [0.4, 0.5) is 0 Å². The van der Waals surface area contributed by atoms with Gasteiger partial charge < -0.3 is 4.98 Å². The Hall–Kier alpha value is -0.380. The van der Waals surface area contributed by atoms with Gasteiger partial charge in [-0.3, -0.25) is 4.98 Å². The van der Waals surface area contributed by atoms with E-state index in [-0.39, 0.29) is 29.6 Å². The zero-order chi connectivity index (χ0) is 6.10. The van der Waals surface area contributed by atoms with Crippen molar-refractivity contribution >= 4 is 40.6 Å². The van der Waals surface area contributed by atoms with E-state index in [2.05, 4.69) is 15.0 Å². The van der Waals surface area contributed by atoms with Gasteiger partial charge in [0.15, 0.2) is 0 Å². The number of H-pyrrole nitrogens is 1. The number of fused-ring (bicyclic) bond motifs is 1. The molecule has 0 saturated heterocycles. The molecular formula is C6H5N3Na. The third-order valence-electron chi connectivity index (χ3n) is 1.22. The fraction of sp³-hybridized carbons (Fsp3) is 0. The summed E-state index contributed by atoms with van der Waals surface area (Å²) >= 11 is 0. The van der Waals surface area contributed by atoms with Crippen LogP contribution in [0.2, 0.25) is 0 Å². The minimum absolute atomic E-state index is 0. The van der Waals surface area contributed by atoms with Crippen molar-refractivity contribution in [2.45, 2.75) is 0 Å². The predicted molar refractivity (Wildman–Crippen MR) is 39.6 cm³/mol. The minimum Gasteiger partial charge on any atom is -0.343 e. The van der Waals surface area contributed by atoms with Crippen molar-refractivity contribution < 1.29 is 0 Å². The summed E-state index contributed by atoms with van der Waals surface area (Å²) in [6.45, 7) is 0. The van der Waals surface area contributed by atoms with Crippen LogP contribution in [0.3, 0.4) is 0 Å². The Kier molecular flexibility index (Phi) is 2.43. The van der Waals surface area contributed by atoms with Gasteiger partial charge in [0, 0.05) is 35.8 Å². The number of hydrogen-bond donors (Lipinski definition) is 1. The molecule has 0 unspecified atom stereocenters. The van der Waals surface area contributed by atoms with Gasteiger partial charge in [-0.05, 0) is 6.07 Å². The molecule has 2 aromatic heterocycles. The number of hydrogen-bond acceptors (Lipinski definition) is 2. The molecule has 0 aliphatic rings. The van der Waals surface area contributed by atoms with Crippen LogP contribution in [-0.2, 0) is 0 Å². The molecule has 0 aromatic carbocycles. The average molecular weight is 142 g/mol. The maximum Gasteiger partial charge on any atom is 0.0932 e. The Morgan fingerprint density at radius 2 is 2.30 bits per heavy atom. The topological polar surface area (TPSA) is 41.6 Å². The Morgan fingerprint density at radius 1 is 1.40 bits per heavy atom. The number of nitrogens with one attached hydrogen (secondary N) is 1. The van der Waals surface area contributed by atoms with Gasteiger partial charge in [-0.2, -0.15) is 0 Å². The largest absolute Gasteiger partial charge is 0.343 e. The zero-order valence-corrected chi connectivity index (χ0v) is 7.70. The minimum atomic E-state index is 0. The van der Waals surface area contributed by atoms with Crippen molar-refractivity contribution in [1.82, 2.24) is 15.0 Å². The average Bonchev–Trinajstić information content (AvgIpc) is 2.33. The number of aromatic amines is 1.